The van der Waals surface area contributed by atoms with E-state index in [-0.39, 0.29) is 9.79 Å². The van der Waals surface area contributed by atoms with E-state index in [9.17, 15) is 8.42 Å². The predicted molar refractivity (Wildman–Crippen MR) is 207 cm³/mol. The quantitative estimate of drug-likeness (QED) is 0.180. The number of fused-ring (bicyclic) bond motifs is 6. The molecule has 0 fully saturated rings. The highest BCUT2D eigenvalue weighted by Gasteiger charge is 2.36. The predicted octanol–water partition coefficient (Wildman–Crippen LogP) is 10.4. The maximum Gasteiger partial charge on any atom is 0.207 e. The molecule has 0 spiro atoms. The molecule has 0 N–H and O–H groups in total. The molecule has 52 heavy (non-hydrogen) atoms. The smallest absolute Gasteiger partial charge is 0.207 e. The van der Waals surface area contributed by atoms with E-state index in [0.29, 0.717) is 39.9 Å². The van der Waals surface area contributed by atoms with Crippen molar-refractivity contribution < 1.29 is 8.42 Å². The van der Waals surface area contributed by atoms with Gasteiger partial charge in [0.25, 0.3) is 0 Å². The van der Waals surface area contributed by atoms with Crippen molar-refractivity contribution in [1.29, 1.82) is 0 Å². The first-order valence-electron chi connectivity index (χ1n) is 17.0. The van der Waals surface area contributed by atoms with Crippen molar-refractivity contribution in [2.75, 3.05) is 0 Å². The zero-order valence-corrected chi connectivity index (χ0v) is 28.5. The summed E-state index contributed by atoms with van der Waals surface area (Å²) >= 11 is 0. The van der Waals surface area contributed by atoms with Crippen LogP contribution in [0.25, 0.3) is 83.9 Å². The fraction of sp³-hybridized carbons (Fsp3) is 0. The van der Waals surface area contributed by atoms with Crippen LogP contribution in [0.5, 0.6) is 0 Å². The molecular weight excluding hydrogens is 661 g/mol. The lowest BCUT2D eigenvalue weighted by Crippen LogP contribution is -2.04. The molecule has 0 amide bonds. The molecule has 1 aliphatic rings. The van der Waals surface area contributed by atoms with Crippen molar-refractivity contribution >= 4 is 31.6 Å². The summed E-state index contributed by atoms with van der Waals surface area (Å²) in [6, 6.07) is 55.6. The lowest BCUT2D eigenvalue weighted by molar-refractivity contribution is 0.598. The molecule has 6 nitrogen and oxygen atoms in total. The topological polar surface area (TPSA) is 77.7 Å². The third-order valence-corrected chi connectivity index (χ3v) is 11.6. The molecule has 246 valence electrons. The van der Waals surface area contributed by atoms with Gasteiger partial charge in [-0.25, -0.2) is 23.4 Å². The number of para-hydroxylation sites is 1. The monoisotopic (exact) mass is 688 g/mol. The SMILES string of the molecule is O=S1(=O)c2ccccc2-c2c(-c3nc(-c4ccccc4)nc(-c4ccccc4)n3)cc(-n3c4ccccc4c4ccc(-c5ccccc5)cc43)cc21. The van der Waals surface area contributed by atoms with Crippen molar-refractivity contribution in [2.24, 2.45) is 0 Å². The van der Waals surface area contributed by atoms with E-state index in [1.165, 1.54) is 0 Å². The Labute approximate surface area is 300 Å². The first-order chi connectivity index (χ1) is 25.5. The van der Waals surface area contributed by atoms with Gasteiger partial charge in [0.2, 0.25) is 9.84 Å². The van der Waals surface area contributed by atoms with Crippen molar-refractivity contribution in [2.45, 2.75) is 9.79 Å². The van der Waals surface area contributed by atoms with Crippen LogP contribution in [-0.2, 0) is 9.84 Å². The van der Waals surface area contributed by atoms with Crippen LogP contribution in [0.1, 0.15) is 0 Å². The standard InChI is InChI=1S/C45H28N4O2S/c50-52(51)40-23-13-11-21-36(40)42-37(45-47-43(30-16-6-2-7-17-30)46-44(48-45)31-18-8-3-9-19-31)27-33(28-41(42)52)49-38-22-12-10-20-34(38)35-25-24-32(26-39(35)49)29-14-4-1-5-15-29/h1-28H. The van der Waals surface area contributed by atoms with Crippen molar-refractivity contribution in [3.05, 3.63) is 170 Å². The third-order valence-electron chi connectivity index (χ3n) is 9.80. The Morgan fingerprint density at radius 1 is 0.404 bits per heavy atom. The van der Waals surface area contributed by atoms with E-state index in [1.54, 1.807) is 12.1 Å². The second-order valence-corrected chi connectivity index (χ2v) is 14.7. The maximum absolute atomic E-state index is 14.5. The van der Waals surface area contributed by atoms with Gasteiger partial charge in [0, 0.05) is 44.3 Å². The number of rotatable bonds is 5. The van der Waals surface area contributed by atoms with Crippen molar-refractivity contribution in [1.82, 2.24) is 19.5 Å². The average molecular weight is 689 g/mol. The van der Waals surface area contributed by atoms with E-state index >= 15 is 0 Å². The molecule has 7 heteroatoms. The van der Waals surface area contributed by atoms with Gasteiger partial charge in [-0.1, -0.05) is 140 Å². The van der Waals surface area contributed by atoms with Gasteiger partial charge in [0.05, 0.1) is 20.8 Å². The van der Waals surface area contributed by atoms with Crippen LogP contribution in [0, 0.1) is 0 Å². The Morgan fingerprint density at radius 2 is 0.962 bits per heavy atom. The molecule has 7 aromatic carbocycles. The van der Waals surface area contributed by atoms with Gasteiger partial charge in [0.1, 0.15) is 0 Å². The van der Waals surface area contributed by atoms with Crippen molar-refractivity contribution in [3.8, 4) is 62.1 Å². The van der Waals surface area contributed by atoms with Gasteiger partial charge in [-0.3, -0.25) is 0 Å². The van der Waals surface area contributed by atoms with Crippen LogP contribution < -0.4 is 0 Å². The number of nitrogens with zero attached hydrogens (tertiary/aromatic N) is 4. The average Bonchev–Trinajstić information content (AvgIpc) is 3.66. The normalized spacial score (nSPS) is 12.9. The van der Waals surface area contributed by atoms with E-state index in [4.69, 9.17) is 15.0 Å². The van der Waals surface area contributed by atoms with Crippen LogP contribution in [-0.4, -0.2) is 27.9 Å². The van der Waals surface area contributed by atoms with Gasteiger partial charge in [-0.2, -0.15) is 0 Å². The molecule has 0 atom stereocenters. The number of sulfone groups is 1. The second-order valence-electron chi connectivity index (χ2n) is 12.9. The van der Waals surface area contributed by atoms with Crippen LogP contribution >= 0.6 is 0 Å². The van der Waals surface area contributed by atoms with Crippen LogP contribution in [0.4, 0.5) is 0 Å². The van der Waals surface area contributed by atoms with Crippen LogP contribution in [0.3, 0.4) is 0 Å². The highest BCUT2D eigenvalue weighted by atomic mass is 32.2. The minimum absolute atomic E-state index is 0.231. The van der Waals surface area contributed by atoms with Crippen LogP contribution in [0.2, 0.25) is 0 Å². The summed E-state index contributed by atoms with van der Waals surface area (Å²) < 4.78 is 31.1. The second kappa shape index (κ2) is 11.7. The Bertz CT molecular complexity index is 2900. The molecule has 3 heterocycles. The fourth-order valence-electron chi connectivity index (χ4n) is 7.41. The van der Waals surface area contributed by atoms with Gasteiger partial charge in [0.15, 0.2) is 17.5 Å². The minimum Gasteiger partial charge on any atom is -0.309 e. The molecular formula is C45H28N4O2S. The molecule has 10 rings (SSSR count). The largest absolute Gasteiger partial charge is 0.309 e. The molecule has 0 radical (unpaired) electrons. The highest BCUT2D eigenvalue weighted by Crippen LogP contribution is 2.49. The summed E-state index contributed by atoms with van der Waals surface area (Å²) in [6.45, 7) is 0. The first-order valence-corrected chi connectivity index (χ1v) is 18.5. The number of aromatic nitrogens is 4. The summed E-state index contributed by atoms with van der Waals surface area (Å²) in [5, 5.41) is 2.14. The Balaban J connectivity index is 1.31. The summed E-state index contributed by atoms with van der Waals surface area (Å²) in [5.41, 5.74) is 8.30. The highest BCUT2D eigenvalue weighted by molar-refractivity contribution is 7.92. The third kappa shape index (κ3) is 4.71. The molecule has 2 aromatic heterocycles. The van der Waals surface area contributed by atoms with Gasteiger partial charge in [-0.15, -0.1) is 0 Å². The number of hydrogen-bond acceptors (Lipinski definition) is 5. The van der Waals surface area contributed by atoms with E-state index in [1.807, 2.05) is 115 Å². The molecule has 0 unspecified atom stereocenters. The molecule has 0 aliphatic carbocycles. The van der Waals surface area contributed by atoms with E-state index in [2.05, 4.69) is 47.0 Å². The zero-order valence-electron chi connectivity index (χ0n) is 27.7. The zero-order chi connectivity index (χ0) is 34.8. The fourth-order valence-corrected chi connectivity index (χ4v) is 9.13. The van der Waals surface area contributed by atoms with Crippen LogP contribution in [0.15, 0.2) is 180 Å². The van der Waals surface area contributed by atoms with E-state index < -0.39 is 9.84 Å². The molecule has 9 aromatic rings. The number of benzene rings is 7. The van der Waals surface area contributed by atoms with Crippen molar-refractivity contribution in [3.63, 3.8) is 0 Å². The summed E-state index contributed by atoms with van der Waals surface area (Å²) in [7, 11) is -3.88. The summed E-state index contributed by atoms with van der Waals surface area (Å²) in [5.74, 6) is 1.40. The Kier molecular flexibility index (Phi) is 6.78. The summed E-state index contributed by atoms with van der Waals surface area (Å²) in [6.07, 6.45) is 0. The minimum atomic E-state index is -3.88. The Morgan fingerprint density at radius 3 is 1.65 bits per heavy atom. The number of hydrogen-bond donors (Lipinski definition) is 0. The Hall–Kier alpha value is -6.70. The lowest BCUT2D eigenvalue weighted by atomic mass is 9.98. The molecule has 0 bridgehead atoms. The van der Waals surface area contributed by atoms with Gasteiger partial charge < -0.3 is 4.57 Å². The van der Waals surface area contributed by atoms with Gasteiger partial charge >= 0.3 is 0 Å². The molecule has 0 saturated heterocycles. The maximum atomic E-state index is 14.5. The molecule has 1 aliphatic heterocycles. The first kappa shape index (κ1) is 30.2. The van der Waals surface area contributed by atoms with Gasteiger partial charge in [-0.05, 0) is 41.5 Å². The summed E-state index contributed by atoms with van der Waals surface area (Å²) in [4.78, 5) is 15.6. The van der Waals surface area contributed by atoms with E-state index in [0.717, 1.165) is 44.1 Å². The lowest BCUT2D eigenvalue weighted by Gasteiger charge is -2.15. The molecule has 0 saturated carbocycles.